The Morgan fingerprint density at radius 2 is 2.09 bits per heavy atom. The third-order valence-electron chi connectivity index (χ3n) is 2.46. The number of hydrogen-bond acceptors (Lipinski definition) is 6. The van der Waals surface area contributed by atoms with Gasteiger partial charge in [-0.25, -0.2) is 0 Å². The van der Waals surface area contributed by atoms with E-state index in [0.717, 1.165) is 11.3 Å². The summed E-state index contributed by atoms with van der Waals surface area (Å²) in [5, 5.41) is 11.6. The van der Waals surface area contributed by atoms with Crippen molar-refractivity contribution in [2.24, 2.45) is 0 Å². The van der Waals surface area contributed by atoms with Gasteiger partial charge in [-0.1, -0.05) is 34.5 Å². The van der Waals surface area contributed by atoms with E-state index in [1.165, 1.54) is 12.1 Å². The summed E-state index contributed by atoms with van der Waals surface area (Å²) in [6.07, 6.45) is 0.0169. The number of carbonyl (C=O) groups excluding carboxylic acids is 2. The molecular formula is C13H11Cl2N3O3S. The molecule has 0 atom stereocenters. The second-order valence-electron chi connectivity index (χ2n) is 4.06. The fourth-order valence-corrected chi connectivity index (χ4v) is 2.76. The van der Waals surface area contributed by atoms with Crippen LogP contribution in [0.4, 0.5) is 5.13 Å². The molecule has 0 radical (unpaired) electrons. The van der Waals surface area contributed by atoms with Crippen LogP contribution in [0, 0.1) is 0 Å². The number of nitrogens with one attached hydrogen (secondary N) is 1. The molecule has 116 valence electrons. The maximum atomic E-state index is 12.1. The molecule has 9 heteroatoms. The summed E-state index contributed by atoms with van der Waals surface area (Å²) in [6.45, 7) is 2.02. The lowest BCUT2D eigenvalue weighted by atomic mass is 10.2. The zero-order valence-corrected chi connectivity index (χ0v) is 13.8. The minimum Gasteiger partial charge on any atom is -0.466 e. The van der Waals surface area contributed by atoms with E-state index >= 15 is 0 Å². The lowest BCUT2D eigenvalue weighted by Crippen LogP contribution is -2.12. The van der Waals surface area contributed by atoms with Crippen molar-refractivity contribution in [1.82, 2.24) is 10.2 Å². The predicted octanol–water partition coefficient (Wildman–Crippen LogP) is 3.20. The molecule has 6 nitrogen and oxygen atoms in total. The van der Waals surface area contributed by atoms with Crippen LogP contribution in [-0.2, 0) is 16.0 Å². The first-order valence-corrected chi connectivity index (χ1v) is 7.81. The normalized spacial score (nSPS) is 10.3. The number of ether oxygens (including phenoxy) is 1. The molecule has 0 aliphatic carbocycles. The molecule has 0 spiro atoms. The zero-order chi connectivity index (χ0) is 16.1. The fraction of sp³-hybridized carbons (Fsp3) is 0.231. The SMILES string of the molecule is CCOC(=O)Cc1nnc(NC(=O)c2ccc(Cl)cc2Cl)s1. The second-order valence-corrected chi connectivity index (χ2v) is 5.97. The molecule has 0 saturated carbocycles. The first-order valence-electron chi connectivity index (χ1n) is 6.24. The summed E-state index contributed by atoms with van der Waals surface area (Å²) in [7, 11) is 0. The van der Waals surface area contributed by atoms with E-state index < -0.39 is 11.9 Å². The third kappa shape index (κ3) is 4.40. The van der Waals surface area contributed by atoms with Crippen LogP contribution >= 0.6 is 34.5 Å². The largest absolute Gasteiger partial charge is 0.466 e. The highest BCUT2D eigenvalue weighted by Crippen LogP contribution is 2.23. The van der Waals surface area contributed by atoms with Crippen LogP contribution in [0.3, 0.4) is 0 Å². The quantitative estimate of drug-likeness (QED) is 0.828. The van der Waals surface area contributed by atoms with Crippen molar-refractivity contribution in [3.63, 3.8) is 0 Å². The van der Waals surface area contributed by atoms with E-state index in [2.05, 4.69) is 15.5 Å². The monoisotopic (exact) mass is 359 g/mol. The van der Waals surface area contributed by atoms with E-state index in [1.807, 2.05) is 0 Å². The molecule has 0 saturated heterocycles. The Labute approximate surface area is 140 Å². The molecule has 0 aliphatic rings. The molecule has 1 aromatic heterocycles. The second kappa shape index (κ2) is 7.53. The van der Waals surface area contributed by atoms with Gasteiger partial charge in [0.15, 0.2) is 0 Å². The highest BCUT2D eigenvalue weighted by molar-refractivity contribution is 7.15. The number of aromatic nitrogens is 2. The average Bonchev–Trinajstić information content (AvgIpc) is 2.85. The Balaban J connectivity index is 2.03. The number of nitrogens with zero attached hydrogens (tertiary/aromatic N) is 2. The standard InChI is InChI=1S/C13H11Cl2N3O3S/c1-2-21-11(19)6-10-17-18-13(22-10)16-12(20)8-4-3-7(14)5-9(8)15/h3-5H,2,6H2,1H3,(H,16,18,20). The molecule has 2 aromatic rings. The van der Waals surface area contributed by atoms with Crippen molar-refractivity contribution >= 4 is 51.5 Å². The van der Waals surface area contributed by atoms with Crippen molar-refractivity contribution in [3.05, 3.63) is 38.8 Å². The molecule has 1 N–H and O–H groups in total. The van der Waals surface area contributed by atoms with Gasteiger partial charge in [-0.3, -0.25) is 14.9 Å². The number of esters is 1. The van der Waals surface area contributed by atoms with E-state index in [-0.39, 0.29) is 22.1 Å². The van der Waals surface area contributed by atoms with Gasteiger partial charge in [0.05, 0.1) is 23.6 Å². The number of amides is 1. The van der Waals surface area contributed by atoms with Crippen LogP contribution in [0.1, 0.15) is 22.3 Å². The van der Waals surface area contributed by atoms with Gasteiger partial charge in [0, 0.05) is 5.02 Å². The summed E-state index contributed by atoms with van der Waals surface area (Å²) in [5.74, 6) is -0.822. The lowest BCUT2D eigenvalue weighted by molar-refractivity contribution is -0.142. The Kier molecular flexibility index (Phi) is 5.70. The van der Waals surface area contributed by atoms with E-state index in [1.54, 1.807) is 13.0 Å². The average molecular weight is 360 g/mol. The van der Waals surface area contributed by atoms with Gasteiger partial charge in [0.2, 0.25) is 5.13 Å². The van der Waals surface area contributed by atoms with Gasteiger partial charge in [-0.05, 0) is 25.1 Å². The molecule has 1 heterocycles. The van der Waals surface area contributed by atoms with Gasteiger partial charge in [-0.15, -0.1) is 10.2 Å². The number of anilines is 1. The van der Waals surface area contributed by atoms with E-state index in [0.29, 0.717) is 16.6 Å². The maximum Gasteiger partial charge on any atom is 0.312 e. The minimum absolute atomic E-state index is 0.0169. The van der Waals surface area contributed by atoms with E-state index in [9.17, 15) is 9.59 Å². The summed E-state index contributed by atoms with van der Waals surface area (Å²) in [6, 6.07) is 4.56. The van der Waals surface area contributed by atoms with Gasteiger partial charge in [-0.2, -0.15) is 0 Å². The highest BCUT2D eigenvalue weighted by atomic mass is 35.5. The fourth-order valence-electron chi connectivity index (χ4n) is 1.55. The van der Waals surface area contributed by atoms with Crippen molar-refractivity contribution in [2.75, 3.05) is 11.9 Å². The molecule has 0 unspecified atom stereocenters. The smallest absolute Gasteiger partial charge is 0.312 e. The number of benzene rings is 1. The number of carbonyl (C=O) groups is 2. The van der Waals surface area contributed by atoms with E-state index in [4.69, 9.17) is 27.9 Å². The van der Waals surface area contributed by atoms with Crippen molar-refractivity contribution in [2.45, 2.75) is 13.3 Å². The molecular weight excluding hydrogens is 349 g/mol. The summed E-state index contributed by atoms with van der Waals surface area (Å²) in [4.78, 5) is 23.4. The van der Waals surface area contributed by atoms with Crippen LogP contribution < -0.4 is 5.32 Å². The summed E-state index contributed by atoms with van der Waals surface area (Å²) in [5.41, 5.74) is 0.271. The van der Waals surface area contributed by atoms with Crippen LogP contribution in [0.5, 0.6) is 0 Å². The Hall–Kier alpha value is -1.70. The van der Waals surface area contributed by atoms with Gasteiger partial charge < -0.3 is 4.74 Å². The third-order valence-corrected chi connectivity index (χ3v) is 3.85. The predicted molar refractivity (Wildman–Crippen MR) is 84.7 cm³/mol. The zero-order valence-electron chi connectivity index (χ0n) is 11.4. The van der Waals surface area contributed by atoms with Crippen LogP contribution in [0.15, 0.2) is 18.2 Å². The number of hydrogen-bond donors (Lipinski definition) is 1. The summed E-state index contributed by atoms with van der Waals surface area (Å²) >= 11 is 12.8. The molecule has 2 rings (SSSR count). The van der Waals surface area contributed by atoms with Gasteiger partial charge >= 0.3 is 5.97 Å². The topological polar surface area (TPSA) is 81.2 Å². The number of rotatable bonds is 5. The Morgan fingerprint density at radius 1 is 1.32 bits per heavy atom. The molecule has 0 aliphatic heterocycles. The van der Waals surface area contributed by atoms with Crippen LogP contribution in [-0.4, -0.2) is 28.7 Å². The van der Waals surface area contributed by atoms with Gasteiger partial charge in [0.25, 0.3) is 5.91 Å². The van der Waals surface area contributed by atoms with Crippen molar-refractivity contribution < 1.29 is 14.3 Å². The first kappa shape index (κ1) is 16.7. The molecule has 22 heavy (non-hydrogen) atoms. The molecule has 1 aromatic carbocycles. The Bertz CT molecular complexity index is 706. The molecule has 0 bridgehead atoms. The molecule has 1 amide bonds. The lowest BCUT2D eigenvalue weighted by Gasteiger charge is -2.03. The number of halogens is 2. The van der Waals surface area contributed by atoms with Crippen LogP contribution in [0.2, 0.25) is 10.0 Å². The first-order chi connectivity index (χ1) is 10.5. The minimum atomic E-state index is -0.430. The van der Waals surface area contributed by atoms with Crippen molar-refractivity contribution in [3.8, 4) is 0 Å². The highest BCUT2D eigenvalue weighted by Gasteiger charge is 2.15. The van der Waals surface area contributed by atoms with Crippen LogP contribution in [0.25, 0.3) is 0 Å². The Morgan fingerprint density at radius 3 is 2.77 bits per heavy atom. The molecule has 0 fully saturated rings. The van der Waals surface area contributed by atoms with Gasteiger partial charge in [0.1, 0.15) is 5.01 Å². The maximum absolute atomic E-state index is 12.1. The summed E-state index contributed by atoms with van der Waals surface area (Å²) < 4.78 is 4.82. The van der Waals surface area contributed by atoms with Crippen molar-refractivity contribution in [1.29, 1.82) is 0 Å².